The first kappa shape index (κ1) is 21.3. The van der Waals surface area contributed by atoms with Gasteiger partial charge < -0.3 is 0 Å². The highest BCUT2D eigenvalue weighted by Gasteiger charge is 2.15. The van der Waals surface area contributed by atoms with Crippen LogP contribution in [0.1, 0.15) is 83.6 Å². The van der Waals surface area contributed by atoms with Gasteiger partial charge in [-0.2, -0.15) is 0 Å². The van der Waals surface area contributed by atoms with Crippen molar-refractivity contribution in [2.24, 2.45) is 11.8 Å². The maximum atomic E-state index is 11.8. The van der Waals surface area contributed by atoms with Crippen molar-refractivity contribution in [3.8, 4) is 0 Å². The van der Waals surface area contributed by atoms with Crippen molar-refractivity contribution in [1.82, 2.24) is 0 Å². The quantitative estimate of drug-likeness (QED) is 0.287. The van der Waals surface area contributed by atoms with Crippen molar-refractivity contribution in [3.63, 3.8) is 0 Å². The number of carbonyl (C=O) groups excluding carboxylic acids is 1. The van der Waals surface area contributed by atoms with Crippen LogP contribution in [0, 0.1) is 11.8 Å². The molecule has 1 rings (SSSR count). The summed E-state index contributed by atoms with van der Waals surface area (Å²) in [6, 6.07) is 10.3. The van der Waals surface area contributed by atoms with E-state index in [-0.39, 0.29) is 11.0 Å². The van der Waals surface area contributed by atoms with Gasteiger partial charge in [0.2, 0.25) is 0 Å². The molecule has 1 aromatic rings. The molecule has 2 unspecified atom stereocenters. The third kappa shape index (κ3) is 9.52. The van der Waals surface area contributed by atoms with Crippen LogP contribution in [0.5, 0.6) is 0 Å². The summed E-state index contributed by atoms with van der Waals surface area (Å²) in [5, 5.41) is 0.0469. The molecule has 0 heterocycles. The van der Waals surface area contributed by atoms with Gasteiger partial charge in [0.15, 0.2) is 5.12 Å². The van der Waals surface area contributed by atoms with Crippen LogP contribution >= 0.6 is 12.6 Å². The van der Waals surface area contributed by atoms with E-state index in [9.17, 15) is 4.79 Å². The molecule has 0 aliphatic heterocycles. The van der Waals surface area contributed by atoms with Crippen LogP contribution in [0.15, 0.2) is 30.3 Å². The Morgan fingerprint density at radius 1 is 0.875 bits per heavy atom. The minimum atomic E-state index is 0.0469. The van der Waals surface area contributed by atoms with Gasteiger partial charge in [-0.05, 0) is 24.3 Å². The monoisotopic (exact) mass is 348 g/mol. The first-order chi connectivity index (χ1) is 11.7. The van der Waals surface area contributed by atoms with Gasteiger partial charge in [-0.25, -0.2) is 0 Å². The molecule has 0 aromatic heterocycles. The molecule has 1 aromatic carbocycles. The molecule has 2 atom stereocenters. The van der Waals surface area contributed by atoms with E-state index in [1.807, 2.05) is 18.2 Å². The van der Waals surface area contributed by atoms with Crippen molar-refractivity contribution in [1.29, 1.82) is 0 Å². The van der Waals surface area contributed by atoms with Crippen LogP contribution in [-0.2, 0) is 11.2 Å². The maximum absolute atomic E-state index is 11.8. The molecule has 0 fully saturated rings. The second kappa shape index (κ2) is 13.5. The van der Waals surface area contributed by atoms with Crippen molar-refractivity contribution in [2.75, 3.05) is 0 Å². The predicted octanol–water partition coefficient (Wildman–Crippen LogP) is 6.86. The van der Waals surface area contributed by atoms with Crippen molar-refractivity contribution >= 4 is 17.7 Å². The van der Waals surface area contributed by atoms with Crippen LogP contribution in [0.4, 0.5) is 0 Å². The molecule has 0 bridgehead atoms. The third-order valence-electron chi connectivity index (χ3n) is 5.00. The summed E-state index contributed by atoms with van der Waals surface area (Å²) in [6.45, 7) is 4.58. The van der Waals surface area contributed by atoms with Crippen LogP contribution in [0.3, 0.4) is 0 Å². The van der Waals surface area contributed by atoms with Gasteiger partial charge in [-0.1, -0.05) is 102 Å². The van der Waals surface area contributed by atoms with E-state index in [0.29, 0.717) is 0 Å². The first-order valence-electron chi connectivity index (χ1n) is 9.94. The van der Waals surface area contributed by atoms with E-state index in [0.717, 1.165) is 25.2 Å². The van der Waals surface area contributed by atoms with Crippen LogP contribution in [0.2, 0.25) is 0 Å². The minimum Gasteiger partial charge on any atom is -0.287 e. The Balaban J connectivity index is 2.26. The molecule has 136 valence electrons. The van der Waals surface area contributed by atoms with E-state index in [4.69, 9.17) is 0 Å². The summed E-state index contributed by atoms with van der Waals surface area (Å²) in [5.74, 6) is 0.990. The number of hydrogen-bond donors (Lipinski definition) is 1. The first-order valence-corrected chi connectivity index (χ1v) is 10.4. The van der Waals surface area contributed by atoms with E-state index in [1.165, 1.54) is 56.9 Å². The van der Waals surface area contributed by atoms with Gasteiger partial charge in [-0.3, -0.25) is 4.79 Å². The lowest BCUT2D eigenvalue weighted by molar-refractivity contribution is -0.114. The van der Waals surface area contributed by atoms with Crippen molar-refractivity contribution in [3.05, 3.63) is 35.9 Å². The van der Waals surface area contributed by atoms with Gasteiger partial charge in [0.05, 0.1) is 0 Å². The largest absolute Gasteiger partial charge is 0.287 e. The highest BCUT2D eigenvalue weighted by atomic mass is 32.1. The van der Waals surface area contributed by atoms with Crippen LogP contribution < -0.4 is 0 Å². The molecule has 0 radical (unpaired) electrons. The highest BCUT2D eigenvalue weighted by molar-refractivity contribution is 7.96. The molecule has 0 aliphatic rings. The van der Waals surface area contributed by atoms with Crippen LogP contribution in [0.25, 0.3) is 0 Å². The fourth-order valence-corrected chi connectivity index (χ4v) is 3.77. The summed E-state index contributed by atoms with van der Waals surface area (Å²) >= 11 is 4.11. The summed E-state index contributed by atoms with van der Waals surface area (Å²) in [7, 11) is 0. The lowest BCUT2D eigenvalue weighted by Crippen LogP contribution is -2.12. The fourth-order valence-electron chi connectivity index (χ4n) is 3.55. The second-order valence-electron chi connectivity index (χ2n) is 7.16. The van der Waals surface area contributed by atoms with Gasteiger partial charge in [0.25, 0.3) is 0 Å². The molecular weight excluding hydrogens is 312 g/mol. The maximum Gasteiger partial charge on any atom is 0.189 e. The number of hydrogen-bond acceptors (Lipinski definition) is 1. The number of thiol groups is 1. The average Bonchev–Trinajstić information content (AvgIpc) is 2.59. The third-order valence-corrected chi connectivity index (χ3v) is 5.37. The fraction of sp³-hybridized carbons (Fsp3) is 0.682. The van der Waals surface area contributed by atoms with Gasteiger partial charge in [0.1, 0.15) is 0 Å². The Morgan fingerprint density at radius 2 is 1.54 bits per heavy atom. The summed E-state index contributed by atoms with van der Waals surface area (Å²) < 4.78 is 0. The molecule has 2 heteroatoms. The standard InChI is InChI=1S/C22H36OS/c1-3-5-13-19(12-4-2)14-8-7-11-17-21(22(23)24)18-20-15-9-6-10-16-20/h6,9-10,15-16,19,21H,3-5,7-8,11-14,17-18H2,1-2H3,(H,23,24). The smallest absolute Gasteiger partial charge is 0.189 e. The Labute approximate surface area is 155 Å². The minimum absolute atomic E-state index is 0.0469. The molecule has 0 amide bonds. The normalized spacial score (nSPS) is 13.6. The molecule has 1 nitrogen and oxygen atoms in total. The Hall–Kier alpha value is -0.760. The molecule has 24 heavy (non-hydrogen) atoms. The molecular formula is C22H36OS. The SMILES string of the molecule is CCCCC(CCC)CCCCCC(Cc1ccccc1)C(=O)S. The van der Waals surface area contributed by atoms with Crippen LogP contribution in [-0.4, -0.2) is 5.12 Å². The zero-order valence-corrected chi connectivity index (χ0v) is 16.6. The van der Waals surface area contributed by atoms with Gasteiger partial charge in [-0.15, -0.1) is 12.6 Å². The zero-order chi connectivity index (χ0) is 17.6. The van der Waals surface area contributed by atoms with E-state index in [1.54, 1.807) is 0 Å². The zero-order valence-electron chi connectivity index (χ0n) is 15.7. The number of rotatable bonds is 14. The second-order valence-corrected chi connectivity index (χ2v) is 7.60. The highest BCUT2D eigenvalue weighted by Crippen LogP contribution is 2.23. The average molecular weight is 349 g/mol. The molecule has 0 spiro atoms. The Bertz CT molecular complexity index is 429. The Kier molecular flexibility index (Phi) is 12.0. The molecule has 0 saturated carbocycles. The predicted molar refractivity (Wildman–Crippen MR) is 109 cm³/mol. The lowest BCUT2D eigenvalue weighted by Gasteiger charge is -2.16. The summed E-state index contributed by atoms with van der Waals surface area (Å²) in [6.07, 6.45) is 13.7. The number of benzene rings is 1. The van der Waals surface area contributed by atoms with Gasteiger partial charge in [0, 0.05) is 5.92 Å². The van der Waals surface area contributed by atoms with E-state index in [2.05, 4.69) is 38.6 Å². The number of unbranched alkanes of at least 4 members (excludes halogenated alkanes) is 3. The van der Waals surface area contributed by atoms with Gasteiger partial charge >= 0.3 is 0 Å². The van der Waals surface area contributed by atoms with E-state index < -0.39 is 0 Å². The topological polar surface area (TPSA) is 17.1 Å². The molecule has 0 saturated heterocycles. The Morgan fingerprint density at radius 3 is 2.17 bits per heavy atom. The summed E-state index contributed by atoms with van der Waals surface area (Å²) in [5.41, 5.74) is 1.24. The number of carbonyl (C=O) groups is 1. The van der Waals surface area contributed by atoms with Crippen molar-refractivity contribution < 1.29 is 4.79 Å². The van der Waals surface area contributed by atoms with E-state index >= 15 is 0 Å². The lowest BCUT2D eigenvalue weighted by atomic mass is 9.90. The molecule has 0 aliphatic carbocycles. The van der Waals surface area contributed by atoms with Crippen molar-refractivity contribution in [2.45, 2.75) is 84.5 Å². The molecule has 0 N–H and O–H groups in total. The summed E-state index contributed by atoms with van der Waals surface area (Å²) in [4.78, 5) is 11.8.